The van der Waals surface area contributed by atoms with Gasteiger partial charge < -0.3 is 20.5 Å². The zero-order valence-corrected chi connectivity index (χ0v) is 12.4. The highest BCUT2D eigenvalue weighted by molar-refractivity contribution is 5.73. The van der Waals surface area contributed by atoms with E-state index in [-0.39, 0.29) is 11.8 Å². The van der Waals surface area contributed by atoms with Crippen molar-refractivity contribution in [2.24, 2.45) is 11.8 Å². The van der Waals surface area contributed by atoms with E-state index >= 15 is 0 Å². The summed E-state index contributed by atoms with van der Waals surface area (Å²) in [6.07, 6.45) is 2.54. The van der Waals surface area contributed by atoms with Gasteiger partial charge in [0.05, 0.1) is 29.8 Å². The van der Waals surface area contributed by atoms with Gasteiger partial charge in [-0.15, -0.1) is 0 Å². The molecule has 5 nitrogen and oxygen atoms in total. The van der Waals surface area contributed by atoms with E-state index in [0.29, 0.717) is 18.2 Å². The molecular formula is C15H23N3O2. The van der Waals surface area contributed by atoms with Crippen LogP contribution in [0.1, 0.15) is 26.3 Å². The fraction of sp³-hybridized carbons (Fsp3) is 0.667. The maximum Gasteiger partial charge on any atom is 0.218 e. The van der Waals surface area contributed by atoms with Gasteiger partial charge in [-0.3, -0.25) is 0 Å². The van der Waals surface area contributed by atoms with E-state index in [1.165, 1.54) is 0 Å². The Morgan fingerprint density at radius 3 is 2.70 bits per heavy atom. The van der Waals surface area contributed by atoms with Crippen molar-refractivity contribution in [1.82, 2.24) is 4.98 Å². The normalized spacial score (nSPS) is 32.9. The third kappa shape index (κ3) is 1.92. The van der Waals surface area contributed by atoms with Crippen LogP contribution in [0, 0.1) is 11.8 Å². The third-order valence-corrected chi connectivity index (χ3v) is 5.03. The molecule has 0 bridgehead atoms. The van der Waals surface area contributed by atoms with Gasteiger partial charge in [0.1, 0.15) is 0 Å². The molecule has 3 rings (SSSR count). The summed E-state index contributed by atoms with van der Waals surface area (Å²) < 4.78 is 5.54. The first-order valence-corrected chi connectivity index (χ1v) is 7.28. The number of nitrogens with zero attached hydrogens (tertiary/aromatic N) is 2. The first kappa shape index (κ1) is 13.5. The minimum absolute atomic E-state index is 0.191. The highest BCUT2D eigenvalue weighted by atomic mass is 16.5. The van der Waals surface area contributed by atoms with Crippen LogP contribution in [0.15, 0.2) is 6.20 Å². The Morgan fingerprint density at radius 1 is 1.40 bits per heavy atom. The molecule has 2 aliphatic heterocycles. The van der Waals surface area contributed by atoms with Gasteiger partial charge >= 0.3 is 0 Å². The van der Waals surface area contributed by atoms with Crippen molar-refractivity contribution in [2.75, 3.05) is 30.3 Å². The molecule has 0 aromatic carbocycles. The lowest BCUT2D eigenvalue weighted by Crippen LogP contribution is -2.55. The Kier molecular flexibility index (Phi) is 3.05. The van der Waals surface area contributed by atoms with E-state index in [0.717, 1.165) is 30.8 Å². The second kappa shape index (κ2) is 4.52. The van der Waals surface area contributed by atoms with Gasteiger partial charge in [-0.05, 0) is 6.92 Å². The molecule has 1 fully saturated rings. The van der Waals surface area contributed by atoms with Crippen molar-refractivity contribution >= 4 is 11.4 Å². The van der Waals surface area contributed by atoms with Gasteiger partial charge in [0.2, 0.25) is 5.88 Å². The number of piperidine rings is 1. The fourth-order valence-corrected chi connectivity index (χ4v) is 3.29. The van der Waals surface area contributed by atoms with E-state index in [2.05, 4.69) is 23.7 Å². The maximum atomic E-state index is 10.5. The Balaban J connectivity index is 1.97. The van der Waals surface area contributed by atoms with E-state index < -0.39 is 5.60 Å². The molecule has 1 aromatic heterocycles. The summed E-state index contributed by atoms with van der Waals surface area (Å²) in [6.45, 7) is 8.40. The number of anilines is 2. The number of hydrogen-bond donors (Lipinski definition) is 2. The average molecular weight is 277 g/mol. The summed E-state index contributed by atoms with van der Waals surface area (Å²) in [6, 6.07) is 0. The first-order chi connectivity index (χ1) is 9.41. The van der Waals surface area contributed by atoms with Crippen molar-refractivity contribution in [3.05, 3.63) is 11.8 Å². The van der Waals surface area contributed by atoms with Crippen LogP contribution in [0.2, 0.25) is 0 Å². The maximum absolute atomic E-state index is 10.5. The predicted molar refractivity (Wildman–Crippen MR) is 79.0 cm³/mol. The summed E-state index contributed by atoms with van der Waals surface area (Å²) in [5.74, 6) is 1.10. The molecule has 0 unspecified atom stereocenters. The highest BCUT2D eigenvalue weighted by Crippen LogP contribution is 2.41. The quantitative estimate of drug-likeness (QED) is 0.813. The van der Waals surface area contributed by atoms with Gasteiger partial charge in [-0.2, -0.15) is 0 Å². The van der Waals surface area contributed by atoms with Crippen molar-refractivity contribution in [3.8, 4) is 5.88 Å². The molecule has 2 aliphatic rings. The summed E-state index contributed by atoms with van der Waals surface area (Å²) in [5, 5.41) is 10.5. The molecule has 0 amide bonds. The largest absolute Gasteiger partial charge is 0.477 e. The molecule has 5 heteroatoms. The molecule has 3 atom stereocenters. The topological polar surface area (TPSA) is 71.6 Å². The number of pyridine rings is 1. The van der Waals surface area contributed by atoms with Crippen molar-refractivity contribution in [1.29, 1.82) is 0 Å². The molecule has 3 heterocycles. The van der Waals surface area contributed by atoms with E-state index in [9.17, 15) is 5.11 Å². The van der Waals surface area contributed by atoms with E-state index in [4.69, 9.17) is 10.5 Å². The van der Waals surface area contributed by atoms with Crippen molar-refractivity contribution < 1.29 is 9.84 Å². The van der Waals surface area contributed by atoms with Gasteiger partial charge in [0.25, 0.3) is 0 Å². The third-order valence-electron chi connectivity index (χ3n) is 5.03. The second-order valence-corrected chi connectivity index (χ2v) is 6.38. The summed E-state index contributed by atoms with van der Waals surface area (Å²) >= 11 is 0. The fourth-order valence-electron chi connectivity index (χ4n) is 3.29. The minimum Gasteiger partial charge on any atom is -0.477 e. The van der Waals surface area contributed by atoms with Crippen LogP contribution in [-0.2, 0) is 6.42 Å². The van der Waals surface area contributed by atoms with Crippen LogP contribution in [0.25, 0.3) is 0 Å². The Labute approximate surface area is 119 Å². The number of nitrogen functional groups attached to an aromatic ring is 1. The molecule has 0 aliphatic carbocycles. The van der Waals surface area contributed by atoms with Crippen LogP contribution < -0.4 is 15.4 Å². The smallest absolute Gasteiger partial charge is 0.218 e. The number of aliphatic hydroxyl groups is 1. The minimum atomic E-state index is -0.627. The number of nitrogens with two attached hydrogens (primary N) is 1. The van der Waals surface area contributed by atoms with Crippen LogP contribution in [0.4, 0.5) is 11.4 Å². The Morgan fingerprint density at radius 2 is 2.05 bits per heavy atom. The number of ether oxygens (including phenoxy) is 1. The monoisotopic (exact) mass is 277 g/mol. The molecule has 1 saturated heterocycles. The lowest BCUT2D eigenvalue weighted by molar-refractivity contribution is -0.0503. The van der Waals surface area contributed by atoms with Gasteiger partial charge in [-0.25, -0.2) is 4.98 Å². The van der Waals surface area contributed by atoms with Crippen LogP contribution in [0.3, 0.4) is 0 Å². The summed E-state index contributed by atoms with van der Waals surface area (Å²) in [4.78, 5) is 6.55. The lowest BCUT2D eigenvalue weighted by Gasteiger charge is -2.47. The number of fused-ring (bicyclic) bond motifs is 1. The van der Waals surface area contributed by atoms with Gasteiger partial charge in [0.15, 0.2) is 0 Å². The highest BCUT2D eigenvalue weighted by Gasteiger charge is 2.41. The van der Waals surface area contributed by atoms with Crippen molar-refractivity contribution in [2.45, 2.75) is 32.8 Å². The second-order valence-electron chi connectivity index (χ2n) is 6.38. The number of aromatic nitrogens is 1. The SMILES string of the molecule is C[C@@H]1CN(c2c(N)cnc3c2CCO3)C[C@H](C)[C@@]1(C)O. The first-order valence-electron chi connectivity index (χ1n) is 7.28. The Bertz CT molecular complexity index is 516. The summed E-state index contributed by atoms with van der Waals surface area (Å²) in [7, 11) is 0. The van der Waals surface area contributed by atoms with Crippen LogP contribution in [-0.4, -0.2) is 35.4 Å². The van der Waals surface area contributed by atoms with Crippen LogP contribution >= 0.6 is 0 Å². The van der Waals surface area contributed by atoms with Crippen molar-refractivity contribution in [3.63, 3.8) is 0 Å². The standard InChI is InChI=1S/C15H23N3O2/c1-9-7-18(8-10(2)15(9,3)19)13-11-4-5-20-14(11)17-6-12(13)16/h6,9-10,19H,4-5,7-8,16H2,1-3H3/t9-,10+,15+. The molecule has 110 valence electrons. The molecule has 0 saturated carbocycles. The zero-order valence-electron chi connectivity index (χ0n) is 12.4. The average Bonchev–Trinajstić information content (AvgIpc) is 2.84. The van der Waals surface area contributed by atoms with E-state index in [1.807, 2.05) is 6.92 Å². The molecule has 0 spiro atoms. The Hall–Kier alpha value is -1.49. The molecule has 0 radical (unpaired) electrons. The number of rotatable bonds is 1. The summed E-state index contributed by atoms with van der Waals surface area (Å²) in [5.41, 5.74) is 8.41. The van der Waals surface area contributed by atoms with E-state index in [1.54, 1.807) is 6.20 Å². The molecule has 1 aromatic rings. The molecular weight excluding hydrogens is 254 g/mol. The van der Waals surface area contributed by atoms with Crippen LogP contribution in [0.5, 0.6) is 5.88 Å². The van der Waals surface area contributed by atoms with Gasteiger partial charge in [-0.1, -0.05) is 13.8 Å². The lowest BCUT2D eigenvalue weighted by atomic mass is 9.76. The molecule has 3 N–H and O–H groups in total. The van der Waals surface area contributed by atoms with Gasteiger partial charge in [0, 0.05) is 36.9 Å². The molecule has 20 heavy (non-hydrogen) atoms. The number of hydrogen-bond acceptors (Lipinski definition) is 5. The zero-order chi connectivity index (χ0) is 14.5. The predicted octanol–water partition coefficient (Wildman–Crippen LogP) is 1.44.